The van der Waals surface area contributed by atoms with Crippen molar-refractivity contribution in [2.75, 3.05) is 18.5 Å². The van der Waals surface area contributed by atoms with Gasteiger partial charge in [0.15, 0.2) is 5.82 Å². The van der Waals surface area contributed by atoms with Crippen molar-refractivity contribution >= 4 is 58.3 Å². The molecule has 5 rings (SSSR count). The highest BCUT2D eigenvalue weighted by atomic mass is 32.2. The fourth-order valence-corrected chi connectivity index (χ4v) is 5.62. The van der Waals surface area contributed by atoms with Crippen LogP contribution in [-0.4, -0.2) is 78.6 Å². The summed E-state index contributed by atoms with van der Waals surface area (Å²) < 4.78 is 1.78. The number of carbonyl (C=O) groups excluding carboxylic acids is 4. The number of carbonyl (C=O) groups is 4. The van der Waals surface area contributed by atoms with Gasteiger partial charge in [-0.25, -0.2) is 19.3 Å². The second kappa shape index (κ2) is 10.6. The van der Waals surface area contributed by atoms with E-state index in [4.69, 9.17) is 5.73 Å². The molecule has 16 nitrogen and oxygen atoms in total. The Morgan fingerprint density at radius 3 is 2.88 bits per heavy atom. The fourth-order valence-electron chi connectivity index (χ4n) is 4.29. The molecule has 206 valence electrons. The summed E-state index contributed by atoms with van der Waals surface area (Å²) in [5.41, 5.74) is 6.76. The fraction of sp³-hybridized carbons (Fsp3) is 0.261. The first-order chi connectivity index (χ1) is 19.2. The summed E-state index contributed by atoms with van der Waals surface area (Å²) in [7, 11) is 1.29. The third-order valence-electron chi connectivity index (χ3n) is 6.05. The number of imidazole rings is 1. The number of aryl methyl sites for hydroxylation is 1. The highest BCUT2D eigenvalue weighted by Gasteiger charge is 2.53. The maximum atomic E-state index is 13.1. The SMILES string of the molecule is CNC(=O)ON=C(C(=O)NC1C(=O)N2C(C(=O)[O-])=C(C[n+]3cccc4[nH]c(C)nc43)CS[C@@H]12)c1nccc(N)n1. The number of β-lactam (4-membered cyclic amide) rings is 1. The maximum absolute atomic E-state index is 13.1. The summed E-state index contributed by atoms with van der Waals surface area (Å²) in [6.07, 6.45) is 2.08. The molecular formula is C23H22N10O6S. The molecule has 0 radical (unpaired) electrons. The number of amides is 3. The molecule has 3 amide bonds. The topological polar surface area (TPSA) is 225 Å². The molecule has 5 heterocycles. The number of pyridine rings is 1. The summed E-state index contributed by atoms with van der Waals surface area (Å²) in [6, 6.07) is 3.92. The molecule has 0 bridgehead atoms. The first-order valence-corrected chi connectivity index (χ1v) is 12.8. The Morgan fingerprint density at radius 1 is 1.35 bits per heavy atom. The van der Waals surface area contributed by atoms with Gasteiger partial charge in [0.2, 0.25) is 11.5 Å². The molecule has 0 aliphatic carbocycles. The molecule has 2 aliphatic rings. The minimum absolute atomic E-state index is 0.0222. The lowest BCUT2D eigenvalue weighted by Gasteiger charge is -2.50. The van der Waals surface area contributed by atoms with Crippen molar-refractivity contribution in [3.63, 3.8) is 0 Å². The van der Waals surface area contributed by atoms with Crippen LogP contribution in [0, 0.1) is 6.92 Å². The maximum Gasteiger partial charge on any atom is 0.433 e. The number of nitrogens with two attached hydrogens (primary N) is 1. The summed E-state index contributed by atoms with van der Waals surface area (Å²) in [5.74, 6) is -2.40. The number of aromatic nitrogens is 5. The van der Waals surface area contributed by atoms with E-state index in [0.717, 1.165) is 10.4 Å². The van der Waals surface area contributed by atoms with Crippen LogP contribution in [0.5, 0.6) is 0 Å². The van der Waals surface area contributed by atoms with Gasteiger partial charge in [-0.2, -0.15) is 0 Å². The number of nitrogens with zero attached hydrogens (tertiary/aromatic N) is 6. The number of thioether (sulfide) groups is 1. The molecule has 1 unspecified atom stereocenters. The Balaban J connectivity index is 1.38. The van der Waals surface area contributed by atoms with Gasteiger partial charge in [0.05, 0.1) is 17.9 Å². The van der Waals surface area contributed by atoms with Gasteiger partial charge >= 0.3 is 11.7 Å². The van der Waals surface area contributed by atoms with Crippen molar-refractivity contribution in [3.8, 4) is 0 Å². The number of aliphatic carboxylic acids is 1. The second-order valence-electron chi connectivity index (χ2n) is 8.67. The number of nitrogens with one attached hydrogen (secondary N) is 3. The van der Waals surface area contributed by atoms with Gasteiger partial charge in [0, 0.05) is 31.5 Å². The predicted octanol–water partition coefficient (Wildman–Crippen LogP) is -2.30. The molecule has 5 N–H and O–H groups in total. The number of oxime groups is 1. The molecule has 0 spiro atoms. The lowest BCUT2D eigenvalue weighted by molar-refractivity contribution is -0.664. The molecule has 3 aromatic rings. The summed E-state index contributed by atoms with van der Waals surface area (Å²) in [6.45, 7) is 1.97. The Bertz CT molecular complexity index is 1620. The van der Waals surface area contributed by atoms with E-state index in [2.05, 4.69) is 40.6 Å². The molecule has 1 saturated heterocycles. The molecule has 17 heteroatoms. The number of rotatable bonds is 7. The number of fused-ring (bicyclic) bond motifs is 2. The van der Waals surface area contributed by atoms with E-state index in [1.165, 1.54) is 31.1 Å². The number of H-pyrrole nitrogens is 1. The van der Waals surface area contributed by atoms with Crippen LogP contribution in [0.15, 0.2) is 47.0 Å². The van der Waals surface area contributed by atoms with E-state index < -0.39 is 41.0 Å². The van der Waals surface area contributed by atoms with E-state index in [-0.39, 0.29) is 29.6 Å². The van der Waals surface area contributed by atoms with Crippen molar-refractivity contribution < 1.29 is 33.7 Å². The minimum Gasteiger partial charge on any atom is -0.543 e. The highest BCUT2D eigenvalue weighted by molar-refractivity contribution is 8.00. The Kier molecular flexibility index (Phi) is 7.03. The number of hydrogen-bond donors (Lipinski definition) is 4. The zero-order valence-electron chi connectivity index (χ0n) is 21.1. The van der Waals surface area contributed by atoms with Crippen LogP contribution in [0.4, 0.5) is 10.6 Å². The van der Waals surface area contributed by atoms with Gasteiger partial charge in [-0.05, 0) is 23.2 Å². The first-order valence-electron chi connectivity index (χ1n) is 11.8. The van der Waals surface area contributed by atoms with Crippen molar-refractivity contribution in [1.82, 2.24) is 35.5 Å². The predicted molar refractivity (Wildman–Crippen MR) is 137 cm³/mol. The van der Waals surface area contributed by atoms with E-state index in [1.54, 1.807) is 16.8 Å². The van der Waals surface area contributed by atoms with Crippen LogP contribution in [0.3, 0.4) is 0 Å². The van der Waals surface area contributed by atoms with Crippen LogP contribution in [0.1, 0.15) is 11.6 Å². The number of carboxylic acids is 1. The van der Waals surface area contributed by atoms with Gasteiger partial charge in [-0.15, -0.1) is 11.8 Å². The smallest absolute Gasteiger partial charge is 0.433 e. The molecule has 0 aromatic carbocycles. The van der Waals surface area contributed by atoms with E-state index in [9.17, 15) is 24.3 Å². The molecule has 40 heavy (non-hydrogen) atoms. The number of hydrogen-bond acceptors (Lipinski definition) is 12. The lowest BCUT2D eigenvalue weighted by atomic mass is 10.0. The largest absolute Gasteiger partial charge is 0.543 e. The average molecular weight is 567 g/mol. The van der Waals surface area contributed by atoms with Crippen LogP contribution < -0.4 is 26.0 Å². The van der Waals surface area contributed by atoms with Crippen molar-refractivity contribution in [3.05, 3.63) is 53.5 Å². The quantitative estimate of drug-likeness (QED) is 0.0782. The van der Waals surface area contributed by atoms with Gasteiger partial charge in [0.1, 0.15) is 29.3 Å². The Labute approximate surface area is 229 Å². The second-order valence-corrected chi connectivity index (χ2v) is 9.77. The lowest BCUT2D eigenvalue weighted by Crippen LogP contribution is -2.71. The summed E-state index contributed by atoms with van der Waals surface area (Å²) in [5, 5.41) is 19.7. The normalized spacial score (nSPS) is 18.7. The molecule has 3 aromatic heterocycles. The average Bonchev–Trinajstić information content (AvgIpc) is 3.32. The molecule has 1 fully saturated rings. The highest BCUT2D eigenvalue weighted by Crippen LogP contribution is 2.40. The van der Waals surface area contributed by atoms with Crippen LogP contribution >= 0.6 is 11.8 Å². The van der Waals surface area contributed by atoms with Crippen LogP contribution in [-0.2, 0) is 25.8 Å². The van der Waals surface area contributed by atoms with E-state index >= 15 is 0 Å². The monoisotopic (exact) mass is 566 g/mol. The number of aromatic amines is 1. The standard InChI is InChI=1S/C23H22N10O6S/c1-10-27-12-4-3-7-32(18(12)28-10)8-11-9-40-21-15(20(35)33(21)16(11)22(36)37)30-19(34)14(31-39-23(38)25-2)17-26-6-5-13(24)29-17/h3-7,15,21H,8-9H2,1-2H3,(H5,24,25,26,29,30,34,36,37,38)/t15?,21-/m0/s1. The summed E-state index contributed by atoms with van der Waals surface area (Å²) in [4.78, 5) is 71.1. The number of carboxylic acid groups (broad SMARTS) is 1. The zero-order chi connectivity index (χ0) is 28.6. The Hall–Kier alpha value is -5.06. The van der Waals surface area contributed by atoms with Crippen LogP contribution in [0.2, 0.25) is 0 Å². The minimum atomic E-state index is -1.51. The van der Waals surface area contributed by atoms with Crippen molar-refractivity contribution in [2.24, 2.45) is 5.16 Å². The molecule has 0 saturated carbocycles. The zero-order valence-corrected chi connectivity index (χ0v) is 21.9. The molecule has 2 atom stereocenters. The number of anilines is 1. The van der Waals surface area contributed by atoms with Gasteiger partial charge in [-0.3, -0.25) is 19.3 Å². The van der Waals surface area contributed by atoms with E-state index in [0.29, 0.717) is 17.0 Å². The Morgan fingerprint density at radius 2 is 2.15 bits per heavy atom. The van der Waals surface area contributed by atoms with Crippen molar-refractivity contribution in [1.29, 1.82) is 0 Å². The van der Waals surface area contributed by atoms with Crippen LogP contribution in [0.25, 0.3) is 11.2 Å². The van der Waals surface area contributed by atoms with E-state index in [1.807, 2.05) is 13.0 Å². The van der Waals surface area contributed by atoms with Gasteiger partial charge in [-0.1, -0.05) is 5.16 Å². The van der Waals surface area contributed by atoms with Gasteiger partial charge in [0.25, 0.3) is 11.8 Å². The summed E-state index contributed by atoms with van der Waals surface area (Å²) >= 11 is 1.27. The third-order valence-corrected chi connectivity index (χ3v) is 7.39. The first kappa shape index (κ1) is 26.5. The van der Waals surface area contributed by atoms with Gasteiger partial charge < -0.3 is 31.3 Å². The van der Waals surface area contributed by atoms with Crippen molar-refractivity contribution in [2.45, 2.75) is 24.9 Å². The molecular weight excluding hydrogens is 544 g/mol. The number of nitrogen functional groups attached to an aromatic ring is 1. The molecule has 2 aliphatic heterocycles. The third kappa shape index (κ3) is 4.89.